The number of ether oxygens (including phenoxy) is 1. The average Bonchev–Trinajstić information content (AvgIpc) is 2.89. The summed E-state index contributed by atoms with van der Waals surface area (Å²) in [4.78, 5) is 24.2. The van der Waals surface area contributed by atoms with E-state index in [0.29, 0.717) is 59.0 Å². The van der Waals surface area contributed by atoms with Crippen LogP contribution in [0.25, 0.3) is 33.5 Å². The third kappa shape index (κ3) is 5.64. The molecule has 9 heteroatoms. The molecule has 1 aliphatic heterocycles. The monoisotopic (exact) mass is 489 g/mol. The molecule has 1 saturated heterocycles. The molecule has 2 N–H and O–H groups in total. The van der Waals surface area contributed by atoms with Crippen molar-refractivity contribution in [1.29, 1.82) is 0 Å². The number of anilines is 1. The average molecular weight is 490 g/mol. The predicted octanol–water partition coefficient (Wildman–Crippen LogP) is 4.70. The second-order valence-corrected chi connectivity index (χ2v) is 8.47. The largest absolute Gasteiger partial charge is 0.379 e. The molecule has 0 atom stereocenters. The number of rotatable bonds is 6. The number of nitrogens with zero attached hydrogens (tertiary/aromatic N) is 3. The zero-order valence-electron chi connectivity index (χ0n) is 19.5. The van der Waals surface area contributed by atoms with Gasteiger partial charge in [-0.3, -0.25) is 4.90 Å². The number of nitrogens with one attached hydrogen (secondary N) is 2. The lowest BCUT2D eigenvalue weighted by atomic mass is 10.0. The van der Waals surface area contributed by atoms with E-state index in [-0.39, 0.29) is 17.7 Å². The Morgan fingerprint density at radius 2 is 1.42 bits per heavy atom. The van der Waals surface area contributed by atoms with E-state index in [1.807, 2.05) is 0 Å². The van der Waals surface area contributed by atoms with Gasteiger partial charge in [0, 0.05) is 43.0 Å². The van der Waals surface area contributed by atoms with Crippen molar-refractivity contribution in [2.24, 2.45) is 0 Å². The molecule has 1 fully saturated rings. The Hall–Kier alpha value is -3.95. The zero-order chi connectivity index (χ0) is 24.9. The summed E-state index contributed by atoms with van der Waals surface area (Å²) < 4.78 is 32.4. The standard InChI is InChI=1S/C27H25F2N5O2/c28-20-5-1-18(2-6-20)25-26(19-3-7-21(29)8-4-19)33-24-17-22(9-10-23(24)32-25)31-27(35)30-11-12-34-13-15-36-16-14-34/h1-10,17H,11-16H2,(H2,30,31,35). The molecule has 0 unspecified atom stereocenters. The first-order chi connectivity index (χ1) is 17.5. The number of morpholine rings is 1. The molecule has 184 valence electrons. The summed E-state index contributed by atoms with van der Waals surface area (Å²) in [5, 5.41) is 5.71. The van der Waals surface area contributed by atoms with Crippen molar-refractivity contribution < 1.29 is 18.3 Å². The van der Waals surface area contributed by atoms with E-state index in [2.05, 4.69) is 15.5 Å². The molecule has 4 aromatic rings. The SMILES string of the molecule is O=C(NCCN1CCOCC1)Nc1ccc2nc(-c3ccc(F)cc3)c(-c3ccc(F)cc3)nc2c1. The van der Waals surface area contributed by atoms with Gasteiger partial charge in [0.15, 0.2) is 0 Å². The quantitative estimate of drug-likeness (QED) is 0.411. The topological polar surface area (TPSA) is 79.4 Å². The number of amides is 2. The van der Waals surface area contributed by atoms with Gasteiger partial charge >= 0.3 is 6.03 Å². The van der Waals surface area contributed by atoms with Gasteiger partial charge in [-0.05, 0) is 66.7 Å². The molecular formula is C27H25F2N5O2. The summed E-state index contributed by atoms with van der Waals surface area (Å²) in [6.45, 7) is 4.44. The van der Waals surface area contributed by atoms with Crippen LogP contribution in [-0.4, -0.2) is 60.3 Å². The van der Waals surface area contributed by atoms with Crippen LogP contribution in [-0.2, 0) is 4.74 Å². The molecule has 3 aromatic carbocycles. The van der Waals surface area contributed by atoms with E-state index >= 15 is 0 Å². The molecule has 0 saturated carbocycles. The molecule has 0 bridgehead atoms. The van der Waals surface area contributed by atoms with Gasteiger partial charge in [-0.1, -0.05) is 0 Å². The Morgan fingerprint density at radius 3 is 2.03 bits per heavy atom. The van der Waals surface area contributed by atoms with Crippen molar-refractivity contribution >= 4 is 22.8 Å². The Bertz CT molecular complexity index is 1360. The number of benzene rings is 3. The highest BCUT2D eigenvalue weighted by atomic mass is 19.1. The zero-order valence-corrected chi connectivity index (χ0v) is 19.5. The maximum atomic E-state index is 13.6. The molecule has 0 spiro atoms. The smallest absolute Gasteiger partial charge is 0.319 e. The summed E-state index contributed by atoms with van der Waals surface area (Å²) in [5.74, 6) is -0.711. The van der Waals surface area contributed by atoms with Gasteiger partial charge in [-0.2, -0.15) is 0 Å². The Balaban J connectivity index is 1.39. The van der Waals surface area contributed by atoms with Crippen molar-refractivity contribution in [3.8, 4) is 22.5 Å². The number of hydrogen-bond acceptors (Lipinski definition) is 5. The lowest BCUT2D eigenvalue weighted by Gasteiger charge is -2.26. The number of hydrogen-bond donors (Lipinski definition) is 2. The van der Waals surface area contributed by atoms with Crippen molar-refractivity contribution in [3.63, 3.8) is 0 Å². The fourth-order valence-electron chi connectivity index (χ4n) is 4.08. The van der Waals surface area contributed by atoms with Crippen LogP contribution in [0.4, 0.5) is 19.3 Å². The minimum Gasteiger partial charge on any atom is -0.379 e. The van der Waals surface area contributed by atoms with E-state index in [9.17, 15) is 13.6 Å². The van der Waals surface area contributed by atoms with Gasteiger partial charge < -0.3 is 15.4 Å². The van der Waals surface area contributed by atoms with Crippen molar-refractivity contribution in [3.05, 3.63) is 78.4 Å². The molecule has 0 radical (unpaired) electrons. The molecule has 2 amide bonds. The lowest BCUT2D eigenvalue weighted by Crippen LogP contribution is -2.42. The molecule has 5 rings (SSSR count). The summed E-state index contributed by atoms with van der Waals surface area (Å²) in [6.07, 6.45) is 0. The summed E-state index contributed by atoms with van der Waals surface area (Å²) in [6, 6.07) is 16.9. The molecule has 1 aliphatic rings. The first-order valence-electron chi connectivity index (χ1n) is 11.7. The summed E-state index contributed by atoms with van der Waals surface area (Å²) >= 11 is 0. The lowest BCUT2D eigenvalue weighted by molar-refractivity contribution is 0.0388. The maximum Gasteiger partial charge on any atom is 0.319 e. The maximum absolute atomic E-state index is 13.6. The van der Waals surface area contributed by atoms with Crippen LogP contribution in [0, 0.1) is 11.6 Å². The van der Waals surface area contributed by atoms with E-state index in [4.69, 9.17) is 14.7 Å². The van der Waals surface area contributed by atoms with Crippen LogP contribution in [0.3, 0.4) is 0 Å². The third-order valence-electron chi connectivity index (χ3n) is 5.97. The summed E-state index contributed by atoms with van der Waals surface area (Å²) in [7, 11) is 0. The second kappa shape index (κ2) is 10.8. The highest BCUT2D eigenvalue weighted by molar-refractivity contribution is 5.93. The van der Waals surface area contributed by atoms with Gasteiger partial charge in [0.2, 0.25) is 0 Å². The number of urea groups is 1. The van der Waals surface area contributed by atoms with Crippen LogP contribution < -0.4 is 10.6 Å². The molecule has 7 nitrogen and oxygen atoms in total. The Morgan fingerprint density at radius 1 is 0.833 bits per heavy atom. The number of halogens is 2. The second-order valence-electron chi connectivity index (χ2n) is 8.47. The van der Waals surface area contributed by atoms with Crippen molar-refractivity contribution in [1.82, 2.24) is 20.2 Å². The van der Waals surface area contributed by atoms with E-state index < -0.39 is 0 Å². The third-order valence-corrected chi connectivity index (χ3v) is 5.97. The molecule has 1 aromatic heterocycles. The highest BCUT2D eigenvalue weighted by Gasteiger charge is 2.15. The number of fused-ring (bicyclic) bond motifs is 1. The van der Waals surface area contributed by atoms with Gasteiger partial charge in [0.1, 0.15) is 11.6 Å². The van der Waals surface area contributed by atoms with Crippen LogP contribution in [0.5, 0.6) is 0 Å². The van der Waals surface area contributed by atoms with E-state index in [0.717, 1.165) is 19.6 Å². The number of carbonyl (C=O) groups is 1. The van der Waals surface area contributed by atoms with Crippen LogP contribution >= 0.6 is 0 Å². The fraction of sp³-hybridized carbons (Fsp3) is 0.222. The normalized spacial score (nSPS) is 14.1. The summed E-state index contributed by atoms with van der Waals surface area (Å²) in [5.41, 5.74) is 4.18. The predicted molar refractivity (Wildman–Crippen MR) is 135 cm³/mol. The fourth-order valence-corrected chi connectivity index (χ4v) is 4.08. The molecule has 36 heavy (non-hydrogen) atoms. The van der Waals surface area contributed by atoms with Crippen LogP contribution in [0.1, 0.15) is 0 Å². The van der Waals surface area contributed by atoms with Crippen molar-refractivity contribution in [2.75, 3.05) is 44.7 Å². The van der Waals surface area contributed by atoms with Crippen LogP contribution in [0.15, 0.2) is 66.7 Å². The first-order valence-corrected chi connectivity index (χ1v) is 11.7. The Kier molecular flexibility index (Phi) is 7.11. The number of aromatic nitrogens is 2. The molecule has 2 heterocycles. The van der Waals surface area contributed by atoms with E-state index in [1.165, 1.54) is 24.3 Å². The van der Waals surface area contributed by atoms with Gasteiger partial charge in [0.25, 0.3) is 0 Å². The minimum atomic E-state index is -0.359. The van der Waals surface area contributed by atoms with Gasteiger partial charge in [-0.15, -0.1) is 0 Å². The number of carbonyl (C=O) groups excluding carboxylic acids is 1. The Labute approximate surface area is 207 Å². The van der Waals surface area contributed by atoms with E-state index in [1.54, 1.807) is 42.5 Å². The van der Waals surface area contributed by atoms with Gasteiger partial charge in [0.05, 0.1) is 35.6 Å². The highest BCUT2D eigenvalue weighted by Crippen LogP contribution is 2.32. The van der Waals surface area contributed by atoms with Crippen LogP contribution in [0.2, 0.25) is 0 Å². The minimum absolute atomic E-state index is 0.308. The first kappa shape index (κ1) is 23.8. The van der Waals surface area contributed by atoms with Crippen molar-refractivity contribution in [2.45, 2.75) is 0 Å². The molecule has 0 aliphatic carbocycles. The molecular weight excluding hydrogens is 464 g/mol. The van der Waals surface area contributed by atoms with Gasteiger partial charge in [-0.25, -0.2) is 23.5 Å².